The van der Waals surface area contributed by atoms with Gasteiger partial charge in [0.1, 0.15) is 11.5 Å². The molecule has 25 heavy (non-hydrogen) atoms. The molecular formula is C21H24O3S. The SMILES string of the molecule is CC1(C)CC(=O)C2=C(C1)OC1=C(C(=O)CC(C)(C)C1)C2c1cccs1. The first-order chi connectivity index (χ1) is 11.7. The second-order valence-electron chi connectivity index (χ2n) is 9.11. The summed E-state index contributed by atoms with van der Waals surface area (Å²) >= 11 is 1.62. The lowest BCUT2D eigenvalue weighted by Gasteiger charge is -2.42. The topological polar surface area (TPSA) is 43.4 Å². The van der Waals surface area contributed by atoms with Crippen LogP contribution in [0.2, 0.25) is 0 Å². The molecule has 0 aromatic carbocycles. The maximum absolute atomic E-state index is 13.0. The zero-order valence-corrected chi connectivity index (χ0v) is 16.1. The number of ketones is 2. The van der Waals surface area contributed by atoms with Gasteiger partial charge in [0.25, 0.3) is 0 Å². The first kappa shape index (κ1) is 16.8. The highest BCUT2D eigenvalue weighted by Crippen LogP contribution is 2.53. The minimum atomic E-state index is -0.231. The molecular weight excluding hydrogens is 332 g/mol. The van der Waals surface area contributed by atoms with E-state index in [1.165, 1.54) is 0 Å². The fourth-order valence-electron chi connectivity index (χ4n) is 4.41. The van der Waals surface area contributed by atoms with E-state index >= 15 is 0 Å². The lowest BCUT2D eigenvalue weighted by Crippen LogP contribution is -2.37. The summed E-state index contributed by atoms with van der Waals surface area (Å²) in [6, 6.07) is 4.03. The van der Waals surface area contributed by atoms with E-state index in [4.69, 9.17) is 4.74 Å². The minimum Gasteiger partial charge on any atom is -0.465 e. The second kappa shape index (κ2) is 5.41. The number of rotatable bonds is 1. The van der Waals surface area contributed by atoms with Crippen LogP contribution in [0.3, 0.4) is 0 Å². The number of hydrogen-bond donors (Lipinski definition) is 0. The Bertz CT molecular complexity index is 769. The molecule has 4 rings (SSSR count). The van der Waals surface area contributed by atoms with E-state index in [0.717, 1.165) is 40.4 Å². The van der Waals surface area contributed by atoms with Crippen LogP contribution in [-0.4, -0.2) is 11.6 Å². The number of carbonyl (C=O) groups is 2. The van der Waals surface area contributed by atoms with E-state index in [2.05, 4.69) is 27.7 Å². The molecule has 0 saturated heterocycles. The quantitative estimate of drug-likeness (QED) is 0.699. The zero-order chi connectivity index (χ0) is 18.0. The normalized spacial score (nSPS) is 25.6. The van der Waals surface area contributed by atoms with Crippen LogP contribution in [0, 0.1) is 10.8 Å². The van der Waals surface area contributed by atoms with Gasteiger partial charge in [-0.25, -0.2) is 0 Å². The molecule has 1 aromatic heterocycles. The number of Topliss-reactive ketones (excluding diaryl/α,β-unsaturated/α-hetero) is 2. The van der Waals surface area contributed by atoms with Gasteiger partial charge in [0.2, 0.25) is 0 Å². The molecule has 0 bridgehead atoms. The smallest absolute Gasteiger partial charge is 0.163 e. The number of ether oxygens (including phenoxy) is 1. The van der Waals surface area contributed by atoms with Crippen molar-refractivity contribution in [1.82, 2.24) is 0 Å². The van der Waals surface area contributed by atoms with Gasteiger partial charge in [-0.1, -0.05) is 33.8 Å². The molecule has 3 nitrogen and oxygen atoms in total. The van der Waals surface area contributed by atoms with Crippen molar-refractivity contribution in [2.75, 3.05) is 0 Å². The summed E-state index contributed by atoms with van der Waals surface area (Å²) in [6.45, 7) is 8.44. The zero-order valence-electron chi connectivity index (χ0n) is 15.3. The van der Waals surface area contributed by atoms with E-state index in [1.807, 2.05) is 17.5 Å². The second-order valence-corrected chi connectivity index (χ2v) is 10.1. The van der Waals surface area contributed by atoms with Gasteiger partial charge in [0.15, 0.2) is 11.6 Å². The van der Waals surface area contributed by atoms with Crippen LogP contribution < -0.4 is 0 Å². The fraction of sp³-hybridized carbons (Fsp3) is 0.524. The predicted molar refractivity (Wildman–Crippen MR) is 98.2 cm³/mol. The van der Waals surface area contributed by atoms with Crippen LogP contribution in [0.5, 0.6) is 0 Å². The van der Waals surface area contributed by atoms with Crippen molar-refractivity contribution in [2.45, 2.75) is 59.3 Å². The van der Waals surface area contributed by atoms with E-state index < -0.39 is 0 Å². The third-order valence-electron chi connectivity index (χ3n) is 5.41. The molecule has 3 aliphatic rings. The van der Waals surface area contributed by atoms with Gasteiger partial charge in [0.05, 0.1) is 5.92 Å². The molecule has 0 unspecified atom stereocenters. The van der Waals surface area contributed by atoms with Crippen molar-refractivity contribution in [3.05, 3.63) is 45.1 Å². The van der Waals surface area contributed by atoms with E-state index in [0.29, 0.717) is 12.8 Å². The summed E-state index contributed by atoms with van der Waals surface area (Å²) in [5.74, 6) is 1.63. The van der Waals surface area contributed by atoms with E-state index in [9.17, 15) is 9.59 Å². The first-order valence-electron chi connectivity index (χ1n) is 8.91. The van der Waals surface area contributed by atoms with E-state index in [-0.39, 0.29) is 28.3 Å². The summed E-state index contributed by atoms with van der Waals surface area (Å²) in [6.07, 6.45) is 2.53. The largest absolute Gasteiger partial charge is 0.465 e. The molecule has 2 aliphatic carbocycles. The monoisotopic (exact) mass is 356 g/mol. The molecule has 0 N–H and O–H groups in total. The van der Waals surface area contributed by atoms with Crippen molar-refractivity contribution in [3.8, 4) is 0 Å². The maximum Gasteiger partial charge on any atom is 0.163 e. The van der Waals surface area contributed by atoms with Crippen LogP contribution in [0.1, 0.15) is 64.2 Å². The Hall–Kier alpha value is -1.68. The molecule has 0 saturated carbocycles. The summed E-state index contributed by atoms with van der Waals surface area (Å²) in [5.41, 5.74) is 1.27. The molecule has 0 atom stereocenters. The molecule has 0 amide bonds. The Labute approximate surface area is 152 Å². The van der Waals surface area contributed by atoms with Crippen molar-refractivity contribution in [2.24, 2.45) is 10.8 Å². The molecule has 1 aromatic rings. The van der Waals surface area contributed by atoms with Gasteiger partial charge in [-0.15, -0.1) is 11.3 Å². The van der Waals surface area contributed by atoms with E-state index in [1.54, 1.807) is 11.3 Å². The number of carbonyl (C=O) groups excluding carboxylic acids is 2. The molecule has 0 spiro atoms. The molecule has 1 aliphatic heterocycles. The standard InChI is InChI=1S/C21H24O3S/c1-20(2)8-12(22)17-14(10-20)24-15-11-21(3,4)9-13(23)18(15)19(17)16-6-5-7-25-16/h5-7,19H,8-11H2,1-4H3. The average molecular weight is 356 g/mol. The Morgan fingerprint density at radius 1 is 0.920 bits per heavy atom. The lowest BCUT2D eigenvalue weighted by atomic mass is 9.67. The third kappa shape index (κ3) is 2.80. The molecule has 2 heterocycles. The number of allylic oxidation sites excluding steroid dienone is 4. The lowest BCUT2D eigenvalue weighted by molar-refractivity contribution is -0.120. The predicted octanol–water partition coefficient (Wildman–Crippen LogP) is 5.15. The Morgan fingerprint density at radius 2 is 1.44 bits per heavy atom. The van der Waals surface area contributed by atoms with Crippen molar-refractivity contribution < 1.29 is 14.3 Å². The molecule has 132 valence electrons. The highest BCUT2D eigenvalue weighted by atomic mass is 32.1. The maximum atomic E-state index is 13.0. The third-order valence-corrected chi connectivity index (χ3v) is 6.35. The summed E-state index contributed by atoms with van der Waals surface area (Å²) in [4.78, 5) is 27.1. The molecule has 0 fully saturated rings. The van der Waals surface area contributed by atoms with Crippen molar-refractivity contribution in [1.29, 1.82) is 0 Å². The van der Waals surface area contributed by atoms with Crippen molar-refractivity contribution in [3.63, 3.8) is 0 Å². The number of thiophene rings is 1. The van der Waals surface area contributed by atoms with Crippen molar-refractivity contribution >= 4 is 22.9 Å². The first-order valence-corrected chi connectivity index (χ1v) is 9.79. The van der Waals surface area contributed by atoms with Gasteiger partial charge in [-0.2, -0.15) is 0 Å². The van der Waals surface area contributed by atoms with Gasteiger partial charge < -0.3 is 4.74 Å². The van der Waals surface area contributed by atoms with Crippen LogP contribution >= 0.6 is 11.3 Å². The van der Waals surface area contributed by atoms with Crippen LogP contribution in [0.25, 0.3) is 0 Å². The summed E-state index contributed by atoms with van der Waals surface area (Å²) < 4.78 is 6.26. The van der Waals surface area contributed by atoms with Crippen LogP contribution in [0.4, 0.5) is 0 Å². The number of hydrogen-bond acceptors (Lipinski definition) is 4. The Morgan fingerprint density at radius 3 is 1.88 bits per heavy atom. The van der Waals surface area contributed by atoms with Crippen LogP contribution in [-0.2, 0) is 14.3 Å². The van der Waals surface area contributed by atoms with Gasteiger partial charge in [-0.3, -0.25) is 9.59 Å². The highest BCUT2D eigenvalue weighted by molar-refractivity contribution is 7.10. The fourth-order valence-corrected chi connectivity index (χ4v) is 5.26. The summed E-state index contributed by atoms with van der Waals surface area (Å²) in [5, 5.41) is 2.01. The Balaban J connectivity index is 1.89. The van der Waals surface area contributed by atoms with Gasteiger partial charge in [0, 0.05) is 41.7 Å². The van der Waals surface area contributed by atoms with Crippen LogP contribution in [0.15, 0.2) is 40.2 Å². The Kier molecular flexibility index (Phi) is 3.63. The van der Waals surface area contributed by atoms with Gasteiger partial charge >= 0.3 is 0 Å². The van der Waals surface area contributed by atoms with Gasteiger partial charge in [-0.05, 0) is 22.3 Å². The molecule has 4 heteroatoms. The minimum absolute atomic E-state index is 0.0951. The summed E-state index contributed by atoms with van der Waals surface area (Å²) in [7, 11) is 0. The average Bonchev–Trinajstić information content (AvgIpc) is 2.95. The highest BCUT2D eigenvalue weighted by Gasteiger charge is 2.47. The molecule has 0 radical (unpaired) electrons.